The summed E-state index contributed by atoms with van der Waals surface area (Å²) in [4.78, 5) is 17.2. The van der Waals surface area contributed by atoms with Crippen LogP contribution in [0.15, 0.2) is 42.5 Å². The molecule has 1 aromatic heterocycles. The van der Waals surface area contributed by atoms with E-state index >= 15 is 0 Å². The molecule has 0 atom stereocenters. The van der Waals surface area contributed by atoms with E-state index in [1.165, 1.54) is 6.92 Å². The summed E-state index contributed by atoms with van der Waals surface area (Å²) in [6.07, 6.45) is 0. The topological polar surface area (TPSA) is 51.7 Å². The summed E-state index contributed by atoms with van der Waals surface area (Å²) in [7, 11) is 1.74. The minimum atomic E-state index is -0.00870. The number of hydrogen-bond acceptors (Lipinski definition) is 4. The summed E-state index contributed by atoms with van der Waals surface area (Å²) < 4.78 is 11.1. The highest BCUT2D eigenvalue weighted by Gasteiger charge is 2.05. The van der Waals surface area contributed by atoms with Crippen LogP contribution in [0.4, 0.5) is 5.69 Å². The van der Waals surface area contributed by atoms with E-state index in [0.717, 1.165) is 17.1 Å². The fraction of sp³-hybridized carbons (Fsp3) is 0.294. The van der Waals surface area contributed by atoms with Crippen molar-refractivity contribution in [2.45, 2.75) is 20.5 Å². The quantitative estimate of drug-likeness (QED) is 0.823. The predicted molar refractivity (Wildman–Crippen MR) is 85.3 cm³/mol. The maximum atomic E-state index is 11.3. The number of rotatable bonds is 6. The van der Waals surface area contributed by atoms with Gasteiger partial charge in [0.25, 0.3) is 0 Å². The Kier molecular flexibility index (Phi) is 5.36. The summed E-state index contributed by atoms with van der Waals surface area (Å²) in [5, 5.41) is 0. The van der Waals surface area contributed by atoms with Crippen molar-refractivity contribution in [2.75, 3.05) is 18.6 Å². The number of anilines is 1. The molecule has 5 nitrogen and oxygen atoms in total. The van der Waals surface area contributed by atoms with E-state index in [4.69, 9.17) is 9.47 Å². The van der Waals surface area contributed by atoms with Gasteiger partial charge in [0.05, 0.1) is 12.3 Å². The van der Waals surface area contributed by atoms with Gasteiger partial charge in [0.2, 0.25) is 11.8 Å². The van der Waals surface area contributed by atoms with Crippen LogP contribution in [-0.2, 0) is 11.4 Å². The highest BCUT2D eigenvalue weighted by molar-refractivity contribution is 5.90. The van der Waals surface area contributed by atoms with Gasteiger partial charge in [0, 0.05) is 25.7 Å². The van der Waals surface area contributed by atoms with Gasteiger partial charge in [0.15, 0.2) is 0 Å². The summed E-state index contributed by atoms with van der Waals surface area (Å²) in [6, 6.07) is 13.0. The summed E-state index contributed by atoms with van der Waals surface area (Å²) in [5.41, 5.74) is 1.63. The van der Waals surface area contributed by atoms with Crippen molar-refractivity contribution < 1.29 is 14.3 Å². The van der Waals surface area contributed by atoms with Gasteiger partial charge in [-0.15, -0.1) is 0 Å². The molecule has 0 saturated heterocycles. The van der Waals surface area contributed by atoms with E-state index in [2.05, 4.69) is 4.98 Å². The highest BCUT2D eigenvalue weighted by atomic mass is 16.5. The highest BCUT2D eigenvalue weighted by Crippen LogP contribution is 2.19. The number of nitrogens with zero attached hydrogens (tertiary/aromatic N) is 2. The molecule has 0 unspecified atom stereocenters. The smallest absolute Gasteiger partial charge is 0.223 e. The lowest BCUT2D eigenvalue weighted by Crippen LogP contribution is -2.22. The molecule has 1 heterocycles. The lowest BCUT2D eigenvalue weighted by molar-refractivity contribution is -0.116. The van der Waals surface area contributed by atoms with Gasteiger partial charge < -0.3 is 14.4 Å². The molecular formula is C17H20N2O3. The SMILES string of the molecule is CCOc1cccc(COc2ccc(N(C)C(C)=O)cc2)n1. The monoisotopic (exact) mass is 300 g/mol. The first kappa shape index (κ1) is 15.8. The third-order valence-corrected chi connectivity index (χ3v) is 3.16. The van der Waals surface area contributed by atoms with Crippen LogP contribution < -0.4 is 14.4 Å². The third-order valence-electron chi connectivity index (χ3n) is 3.16. The van der Waals surface area contributed by atoms with Crippen LogP contribution in [0.25, 0.3) is 0 Å². The fourth-order valence-electron chi connectivity index (χ4n) is 1.87. The number of pyridine rings is 1. The third kappa shape index (κ3) is 4.22. The fourth-order valence-corrected chi connectivity index (χ4v) is 1.87. The summed E-state index contributed by atoms with van der Waals surface area (Å²) in [6.45, 7) is 4.40. The van der Waals surface area contributed by atoms with Gasteiger partial charge in [0.1, 0.15) is 12.4 Å². The second-order valence-electron chi connectivity index (χ2n) is 4.76. The molecular weight excluding hydrogens is 280 g/mol. The van der Waals surface area contributed by atoms with E-state index in [1.807, 2.05) is 49.4 Å². The zero-order valence-corrected chi connectivity index (χ0v) is 13.1. The van der Waals surface area contributed by atoms with Crippen molar-refractivity contribution in [2.24, 2.45) is 0 Å². The van der Waals surface area contributed by atoms with Crippen molar-refractivity contribution in [3.63, 3.8) is 0 Å². The molecule has 0 saturated carbocycles. The van der Waals surface area contributed by atoms with Gasteiger partial charge in [-0.05, 0) is 37.3 Å². The molecule has 2 rings (SSSR count). The molecule has 5 heteroatoms. The number of carbonyl (C=O) groups excluding carboxylic acids is 1. The number of hydrogen-bond donors (Lipinski definition) is 0. The largest absolute Gasteiger partial charge is 0.487 e. The van der Waals surface area contributed by atoms with Gasteiger partial charge >= 0.3 is 0 Å². The number of benzene rings is 1. The Morgan fingerprint density at radius 1 is 1.14 bits per heavy atom. The number of amides is 1. The Morgan fingerprint density at radius 3 is 2.50 bits per heavy atom. The first-order valence-electron chi connectivity index (χ1n) is 7.16. The molecule has 22 heavy (non-hydrogen) atoms. The van der Waals surface area contributed by atoms with Gasteiger partial charge in [-0.25, -0.2) is 4.98 Å². The molecule has 0 N–H and O–H groups in total. The van der Waals surface area contributed by atoms with Gasteiger partial charge in [-0.1, -0.05) is 6.07 Å². The minimum Gasteiger partial charge on any atom is -0.487 e. The Hall–Kier alpha value is -2.56. The molecule has 0 fully saturated rings. The van der Waals surface area contributed by atoms with Crippen LogP contribution in [0.1, 0.15) is 19.5 Å². The molecule has 0 spiro atoms. The first-order chi connectivity index (χ1) is 10.6. The maximum Gasteiger partial charge on any atom is 0.223 e. The average Bonchev–Trinajstić information content (AvgIpc) is 2.53. The van der Waals surface area contributed by atoms with Crippen LogP contribution in [0.2, 0.25) is 0 Å². The summed E-state index contributed by atoms with van der Waals surface area (Å²) in [5.74, 6) is 1.32. The van der Waals surface area contributed by atoms with E-state index in [9.17, 15) is 4.79 Å². The average molecular weight is 300 g/mol. The molecule has 0 aliphatic rings. The van der Waals surface area contributed by atoms with Crippen molar-refractivity contribution in [1.82, 2.24) is 4.98 Å². The Morgan fingerprint density at radius 2 is 1.86 bits per heavy atom. The molecule has 0 aliphatic heterocycles. The number of ether oxygens (including phenoxy) is 2. The predicted octanol–water partition coefficient (Wildman–Crippen LogP) is 3.04. The van der Waals surface area contributed by atoms with E-state index in [-0.39, 0.29) is 5.91 Å². The van der Waals surface area contributed by atoms with E-state index in [0.29, 0.717) is 19.1 Å². The molecule has 1 amide bonds. The molecule has 116 valence electrons. The van der Waals surface area contributed by atoms with Crippen LogP contribution in [0.3, 0.4) is 0 Å². The van der Waals surface area contributed by atoms with Gasteiger partial charge in [-0.2, -0.15) is 0 Å². The zero-order valence-electron chi connectivity index (χ0n) is 13.1. The standard InChI is InChI=1S/C17H20N2O3/c1-4-21-17-7-5-6-14(18-17)12-22-16-10-8-15(9-11-16)19(3)13(2)20/h5-11H,4,12H2,1-3H3. The number of aromatic nitrogens is 1. The van der Waals surface area contributed by atoms with Crippen molar-refractivity contribution in [3.8, 4) is 11.6 Å². The molecule has 0 radical (unpaired) electrons. The normalized spacial score (nSPS) is 10.1. The van der Waals surface area contributed by atoms with Crippen LogP contribution in [0, 0.1) is 0 Å². The molecule has 1 aromatic carbocycles. The molecule has 2 aromatic rings. The van der Waals surface area contributed by atoms with E-state index in [1.54, 1.807) is 11.9 Å². The Bertz CT molecular complexity index is 626. The van der Waals surface area contributed by atoms with Crippen molar-refractivity contribution >= 4 is 11.6 Å². The van der Waals surface area contributed by atoms with E-state index < -0.39 is 0 Å². The number of carbonyl (C=O) groups is 1. The van der Waals surface area contributed by atoms with Crippen molar-refractivity contribution in [1.29, 1.82) is 0 Å². The zero-order chi connectivity index (χ0) is 15.9. The van der Waals surface area contributed by atoms with Crippen molar-refractivity contribution in [3.05, 3.63) is 48.2 Å². The molecule has 0 bridgehead atoms. The lowest BCUT2D eigenvalue weighted by atomic mass is 10.3. The van der Waals surface area contributed by atoms with Crippen LogP contribution in [-0.4, -0.2) is 24.5 Å². The van der Waals surface area contributed by atoms with Crippen LogP contribution >= 0.6 is 0 Å². The first-order valence-corrected chi connectivity index (χ1v) is 7.16. The van der Waals surface area contributed by atoms with Gasteiger partial charge in [-0.3, -0.25) is 4.79 Å². The second kappa shape index (κ2) is 7.45. The maximum absolute atomic E-state index is 11.3. The lowest BCUT2D eigenvalue weighted by Gasteiger charge is -2.15. The Balaban J connectivity index is 1.97. The second-order valence-corrected chi connectivity index (χ2v) is 4.76. The Labute approximate surface area is 130 Å². The molecule has 0 aliphatic carbocycles. The van der Waals surface area contributed by atoms with Crippen LogP contribution in [0.5, 0.6) is 11.6 Å². The minimum absolute atomic E-state index is 0.00870. The summed E-state index contributed by atoms with van der Waals surface area (Å²) >= 11 is 0.